The maximum absolute atomic E-state index is 13.3. The Balaban J connectivity index is 2.36. The molecule has 0 bridgehead atoms. The molecule has 0 aliphatic heterocycles. The van der Waals surface area contributed by atoms with Crippen LogP contribution in [0.4, 0.5) is 4.39 Å². The fraction of sp³-hybridized carbons (Fsp3) is 0.286. The molecule has 100 valence electrons. The zero-order chi connectivity index (χ0) is 13.8. The number of allylic oxidation sites excluding steroid dienone is 4. The Hall–Kier alpha value is -2.17. The first kappa shape index (κ1) is 13.3. The van der Waals surface area contributed by atoms with Gasteiger partial charge < -0.3 is 9.84 Å². The number of pyridine rings is 1. The third-order valence-electron chi connectivity index (χ3n) is 2.85. The number of rotatable bonds is 4. The monoisotopic (exact) mass is 263 g/mol. The molecule has 2 rings (SSSR count). The molecule has 0 fully saturated rings. The number of hydrogen-bond donors (Lipinski definition) is 1. The average Bonchev–Trinajstić information content (AvgIpc) is 2.40. The Labute approximate surface area is 110 Å². The summed E-state index contributed by atoms with van der Waals surface area (Å²) in [6.07, 6.45) is 6.30. The molecule has 1 unspecified atom stereocenters. The molecule has 1 N–H and O–H groups in total. The van der Waals surface area contributed by atoms with E-state index < -0.39 is 17.5 Å². The highest BCUT2D eigenvalue weighted by Crippen LogP contribution is 2.31. The normalized spacial score (nSPS) is 18.0. The largest absolute Gasteiger partial charge is 0.498 e. The summed E-state index contributed by atoms with van der Waals surface area (Å²) in [6, 6.07) is 2.63. The highest BCUT2D eigenvalue weighted by atomic mass is 19.1. The summed E-state index contributed by atoms with van der Waals surface area (Å²) < 4.78 is 18.8. The van der Waals surface area contributed by atoms with Crippen LogP contribution in [-0.2, 0) is 4.74 Å². The molecule has 0 saturated heterocycles. The number of nitrogens with zero attached hydrogens (tertiary/aromatic N) is 1. The molecule has 1 aromatic heterocycles. The van der Waals surface area contributed by atoms with E-state index in [1.165, 1.54) is 6.07 Å². The van der Waals surface area contributed by atoms with Crippen molar-refractivity contribution in [1.82, 2.24) is 4.98 Å². The van der Waals surface area contributed by atoms with E-state index in [2.05, 4.69) is 4.98 Å². The molecule has 0 radical (unpaired) electrons. The molecule has 1 atom stereocenters. The minimum atomic E-state index is -1.37. The number of aromatic nitrogens is 1. The zero-order valence-electron chi connectivity index (χ0n) is 10.5. The summed E-state index contributed by atoms with van der Waals surface area (Å²) >= 11 is 0. The van der Waals surface area contributed by atoms with Crippen molar-refractivity contribution in [3.8, 4) is 0 Å². The predicted molar refractivity (Wildman–Crippen MR) is 67.4 cm³/mol. The van der Waals surface area contributed by atoms with E-state index in [-0.39, 0.29) is 5.92 Å². The van der Waals surface area contributed by atoms with Gasteiger partial charge in [-0.15, -0.1) is 0 Å². The van der Waals surface area contributed by atoms with Crippen molar-refractivity contribution in [3.05, 3.63) is 53.3 Å². The van der Waals surface area contributed by atoms with Crippen LogP contribution in [0.1, 0.15) is 35.4 Å². The fourth-order valence-electron chi connectivity index (χ4n) is 1.99. The summed E-state index contributed by atoms with van der Waals surface area (Å²) in [7, 11) is 0. The zero-order valence-corrected chi connectivity index (χ0v) is 10.5. The molecular formula is C14H14FNO3. The lowest BCUT2D eigenvalue weighted by atomic mass is 9.94. The first-order valence-corrected chi connectivity index (χ1v) is 6.02. The van der Waals surface area contributed by atoms with Crippen LogP contribution in [0.25, 0.3) is 0 Å². The molecule has 19 heavy (non-hydrogen) atoms. The first-order valence-electron chi connectivity index (χ1n) is 6.02. The summed E-state index contributed by atoms with van der Waals surface area (Å²) in [5, 5.41) is 8.90. The fourth-order valence-corrected chi connectivity index (χ4v) is 1.99. The van der Waals surface area contributed by atoms with Crippen molar-refractivity contribution in [2.45, 2.75) is 19.3 Å². The van der Waals surface area contributed by atoms with Gasteiger partial charge in [0.25, 0.3) is 0 Å². The first-order chi connectivity index (χ1) is 9.13. The van der Waals surface area contributed by atoms with Crippen LogP contribution in [0.5, 0.6) is 0 Å². The minimum Gasteiger partial charge on any atom is -0.498 e. The van der Waals surface area contributed by atoms with Gasteiger partial charge >= 0.3 is 5.97 Å². The van der Waals surface area contributed by atoms with E-state index in [0.717, 1.165) is 11.8 Å². The van der Waals surface area contributed by atoms with Crippen molar-refractivity contribution in [1.29, 1.82) is 0 Å². The molecule has 1 aromatic rings. The summed E-state index contributed by atoms with van der Waals surface area (Å²) in [5.41, 5.74) is -0.0502. The summed E-state index contributed by atoms with van der Waals surface area (Å²) in [5.74, 6) is -1.64. The minimum absolute atomic E-state index is 0.163. The summed E-state index contributed by atoms with van der Waals surface area (Å²) in [4.78, 5) is 14.8. The second kappa shape index (κ2) is 5.65. The van der Waals surface area contributed by atoms with Gasteiger partial charge in [-0.2, -0.15) is 0 Å². The van der Waals surface area contributed by atoms with Gasteiger partial charge in [0.2, 0.25) is 0 Å². The molecule has 1 heterocycles. The van der Waals surface area contributed by atoms with Crippen LogP contribution in [-0.4, -0.2) is 22.7 Å². The van der Waals surface area contributed by atoms with Gasteiger partial charge in [0, 0.05) is 0 Å². The van der Waals surface area contributed by atoms with Gasteiger partial charge in [0.15, 0.2) is 11.5 Å². The SMILES string of the molecule is CCOC1=CC=CCC1c1ccc(F)c(C(=O)O)n1. The number of halogens is 1. The lowest BCUT2D eigenvalue weighted by Crippen LogP contribution is -2.13. The molecule has 0 spiro atoms. The molecule has 0 aromatic carbocycles. The van der Waals surface area contributed by atoms with Gasteiger partial charge in [-0.1, -0.05) is 12.2 Å². The average molecular weight is 263 g/mol. The topological polar surface area (TPSA) is 59.4 Å². The molecule has 1 aliphatic rings. The van der Waals surface area contributed by atoms with Crippen molar-refractivity contribution in [2.24, 2.45) is 0 Å². The second-order valence-corrected chi connectivity index (χ2v) is 4.09. The van der Waals surface area contributed by atoms with Gasteiger partial charge in [-0.25, -0.2) is 14.2 Å². The van der Waals surface area contributed by atoms with Crippen LogP contribution in [0.2, 0.25) is 0 Å². The number of aromatic carboxylic acids is 1. The number of ether oxygens (including phenoxy) is 1. The third kappa shape index (κ3) is 2.81. The Kier molecular flexibility index (Phi) is 3.94. The van der Waals surface area contributed by atoms with Crippen LogP contribution < -0.4 is 0 Å². The molecule has 5 heteroatoms. The van der Waals surface area contributed by atoms with Crippen LogP contribution in [0.15, 0.2) is 36.1 Å². The Morgan fingerprint density at radius 2 is 2.37 bits per heavy atom. The van der Waals surface area contributed by atoms with E-state index in [0.29, 0.717) is 18.7 Å². The van der Waals surface area contributed by atoms with E-state index in [1.807, 2.05) is 25.2 Å². The van der Waals surface area contributed by atoms with Gasteiger partial charge in [0.1, 0.15) is 5.76 Å². The molecule has 4 nitrogen and oxygen atoms in total. The quantitative estimate of drug-likeness (QED) is 0.907. The maximum atomic E-state index is 13.3. The number of hydrogen-bond acceptors (Lipinski definition) is 3. The van der Waals surface area contributed by atoms with E-state index in [9.17, 15) is 9.18 Å². The molecular weight excluding hydrogens is 249 g/mol. The standard InChI is InChI=1S/C14H14FNO3/c1-2-19-12-6-4-3-5-9(12)11-8-7-10(15)13(16-11)14(17)18/h3-4,6-9H,2,5H2,1H3,(H,17,18). The number of carboxylic acid groups (broad SMARTS) is 1. The number of carbonyl (C=O) groups is 1. The van der Waals surface area contributed by atoms with E-state index in [1.54, 1.807) is 0 Å². The Morgan fingerprint density at radius 1 is 1.58 bits per heavy atom. The predicted octanol–water partition coefficient (Wildman–Crippen LogP) is 2.88. The lowest BCUT2D eigenvalue weighted by molar-refractivity contribution is 0.0684. The Bertz CT molecular complexity index is 552. The van der Waals surface area contributed by atoms with Crippen LogP contribution in [0, 0.1) is 5.82 Å². The molecule has 0 saturated carbocycles. The lowest BCUT2D eigenvalue weighted by Gasteiger charge is -2.21. The van der Waals surface area contributed by atoms with E-state index >= 15 is 0 Å². The smallest absolute Gasteiger partial charge is 0.357 e. The molecule has 0 amide bonds. The van der Waals surface area contributed by atoms with Crippen molar-refractivity contribution < 1.29 is 19.0 Å². The van der Waals surface area contributed by atoms with Gasteiger partial charge in [0.05, 0.1) is 18.2 Å². The van der Waals surface area contributed by atoms with Crippen LogP contribution >= 0.6 is 0 Å². The Morgan fingerprint density at radius 3 is 3.05 bits per heavy atom. The highest BCUT2D eigenvalue weighted by molar-refractivity contribution is 5.85. The van der Waals surface area contributed by atoms with Crippen molar-refractivity contribution >= 4 is 5.97 Å². The second-order valence-electron chi connectivity index (χ2n) is 4.09. The summed E-state index contributed by atoms with van der Waals surface area (Å²) in [6.45, 7) is 2.39. The van der Waals surface area contributed by atoms with Crippen molar-refractivity contribution in [3.63, 3.8) is 0 Å². The van der Waals surface area contributed by atoms with Crippen molar-refractivity contribution in [2.75, 3.05) is 6.61 Å². The number of carboxylic acids is 1. The van der Waals surface area contributed by atoms with Gasteiger partial charge in [-0.05, 0) is 31.6 Å². The maximum Gasteiger partial charge on any atom is 0.357 e. The molecule has 1 aliphatic carbocycles. The van der Waals surface area contributed by atoms with E-state index in [4.69, 9.17) is 9.84 Å². The van der Waals surface area contributed by atoms with Gasteiger partial charge in [-0.3, -0.25) is 0 Å². The van der Waals surface area contributed by atoms with Crippen LogP contribution in [0.3, 0.4) is 0 Å². The third-order valence-corrected chi connectivity index (χ3v) is 2.85. The highest BCUT2D eigenvalue weighted by Gasteiger charge is 2.23.